The first-order valence-corrected chi connectivity index (χ1v) is 8.77. The highest BCUT2D eigenvalue weighted by Crippen LogP contribution is 2.32. The predicted molar refractivity (Wildman–Crippen MR) is 85.7 cm³/mol. The van der Waals surface area contributed by atoms with Crippen molar-refractivity contribution in [3.05, 3.63) is 28.3 Å². The van der Waals surface area contributed by atoms with Gasteiger partial charge in [-0.15, -0.1) is 0 Å². The third-order valence-electron chi connectivity index (χ3n) is 4.14. The topological polar surface area (TPSA) is 93.0 Å². The highest BCUT2D eigenvalue weighted by Gasteiger charge is 2.30. The first-order chi connectivity index (χ1) is 10.8. The SMILES string of the molecule is CON(C)c1ccc(S(=O)(=O)N2CCC(C)CC2)cc1[N+](=O)[O-]. The summed E-state index contributed by atoms with van der Waals surface area (Å²) < 4.78 is 26.8. The molecule has 0 saturated carbocycles. The molecule has 1 aliphatic heterocycles. The standard InChI is InChI=1S/C14H21N3O5S/c1-11-6-8-16(9-7-11)23(20,21)12-4-5-13(15(2)22-3)14(10-12)17(18)19/h4-5,10-11H,6-9H2,1-3H3. The molecule has 1 saturated heterocycles. The first kappa shape index (κ1) is 17.6. The van der Waals surface area contributed by atoms with Gasteiger partial charge in [-0.1, -0.05) is 6.92 Å². The van der Waals surface area contributed by atoms with Crippen molar-refractivity contribution >= 4 is 21.4 Å². The number of anilines is 1. The van der Waals surface area contributed by atoms with Crippen molar-refractivity contribution < 1.29 is 18.2 Å². The van der Waals surface area contributed by atoms with Gasteiger partial charge in [-0.05, 0) is 30.9 Å². The summed E-state index contributed by atoms with van der Waals surface area (Å²) in [5.41, 5.74) is -0.107. The van der Waals surface area contributed by atoms with Crippen molar-refractivity contribution in [2.24, 2.45) is 5.92 Å². The molecule has 128 valence electrons. The van der Waals surface area contributed by atoms with Gasteiger partial charge in [0.15, 0.2) is 0 Å². The quantitative estimate of drug-likeness (QED) is 0.600. The molecule has 1 aliphatic rings. The van der Waals surface area contributed by atoms with Crippen LogP contribution < -0.4 is 5.06 Å². The number of sulfonamides is 1. The van der Waals surface area contributed by atoms with Gasteiger partial charge in [0.05, 0.1) is 16.9 Å². The molecule has 0 aromatic heterocycles. The van der Waals surface area contributed by atoms with Gasteiger partial charge < -0.3 is 0 Å². The Kier molecular flexibility index (Phi) is 5.23. The molecule has 1 heterocycles. The zero-order valence-electron chi connectivity index (χ0n) is 13.4. The van der Waals surface area contributed by atoms with Crippen LogP contribution in [0.1, 0.15) is 19.8 Å². The molecule has 8 nitrogen and oxygen atoms in total. The van der Waals surface area contributed by atoms with E-state index in [2.05, 4.69) is 6.92 Å². The molecule has 0 N–H and O–H groups in total. The van der Waals surface area contributed by atoms with Gasteiger partial charge in [-0.2, -0.15) is 4.31 Å². The normalized spacial score (nSPS) is 17.2. The lowest BCUT2D eigenvalue weighted by Crippen LogP contribution is -2.37. The Morgan fingerprint density at radius 3 is 2.48 bits per heavy atom. The molecule has 9 heteroatoms. The van der Waals surface area contributed by atoms with Gasteiger partial charge in [-0.25, -0.2) is 8.42 Å². The summed E-state index contributed by atoms with van der Waals surface area (Å²) >= 11 is 0. The molecule has 1 aromatic carbocycles. The van der Waals surface area contributed by atoms with E-state index in [1.54, 1.807) is 0 Å². The molecule has 0 aliphatic carbocycles. The van der Waals surface area contributed by atoms with Crippen molar-refractivity contribution in [1.82, 2.24) is 4.31 Å². The van der Waals surface area contributed by atoms with Gasteiger partial charge in [0.1, 0.15) is 5.69 Å². The fraction of sp³-hybridized carbons (Fsp3) is 0.571. The average molecular weight is 343 g/mol. The molecule has 0 spiro atoms. The van der Waals surface area contributed by atoms with Crippen LogP contribution >= 0.6 is 0 Å². The third-order valence-corrected chi connectivity index (χ3v) is 6.03. The largest absolute Gasteiger partial charge is 0.296 e. The Morgan fingerprint density at radius 2 is 1.96 bits per heavy atom. The number of piperidine rings is 1. The van der Waals surface area contributed by atoms with Crippen LogP contribution in [0.4, 0.5) is 11.4 Å². The molecule has 1 fully saturated rings. The second kappa shape index (κ2) is 6.81. The minimum atomic E-state index is -3.72. The highest BCUT2D eigenvalue weighted by atomic mass is 32.2. The second-order valence-corrected chi connectivity index (χ2v) is 7.61. The fourth-order valence-electron chi connectivity index (χ4n) is 2.55. The summed E-state index contributed by atoms with van der Waals surface area (Å²) in [6.45, 7) is 2.97. The Morgan fingerprint density at radius 1 is 1.35 bits per heavy atom. The number of nitro benzene ring substituents is 1. The first-order valence-electron chi connectivity index (χ1n) is 7.33. The Bertz CT molecular complexity index is 684. The van der Waals surface area contributed by atoms with E-state index in [-0.39, 0.29) is 16.3 Å². The number of nitrogens with zero attached hydrogens (tertiary/aromatic N) is 3. The van der Waals surface area contributed by atoms with Crippen molar-refractivity contribution in [2.45, 2.75) is 24.7 Å². The van der Waals surface area contributed by atoms with Crippen LogP contribution in [0.25, 0.3) is 0 Å². The zero-order valence-corrected chi connectivity index (χ0v) is 14.2. The lowest BCUT2D eigenvalue weighted by Gasteiger charge is -2.29. The van der Waals surface area contributed by atoms with Crippen LogP contribution in [0.5, 0.6) is 0 Å². The zero-order chi connectivity index (χ0) is 17.2. The van der Waals surface area contributed by atoms with Gasteiger partial charge >= 0.3 is 0 Å². The summed E-state index contributed by atoms with van der Waals surface area (Å²) in [5.74, 6) is 0.494. The Hall–Kier alpha value is -1.71. The lowest BCUT2D eigenvalue weighted by atomic mass is 10.0. The maximum absolute atomic E-state index is 12.7. The molecular weight excluding hydrogens is 322 g/mol. The molecule has 2 rings (SSSR count). The van der Waals surface area contributed by atoms with E-state index in [1.807, 2.05) is 0 Å². The second-order valence-electron chi connectivity index (χ2n) is 5.67. The van der Waals surface area contributed by atoms with E-state index in [9.17, 15) is 18.5 Å². The van der Waals surface area contributed by atoms with E-state index >= 15 is 0 Å². The van der Waals surface area contributed by atoms with Gasteiger partial charge in [-0.3, -0.25) is 20.0 Å². The molecular formula is C14H21N3O5S. The smallest absolute Gasteiger partial charge is 0.277 e. The van der Waals surface area contributed by atoms with E-state index in [1.165, 1.54) is 35.7 Å². The number of nitro groups is 1. The van der Waals surface area contributed by atoms with E-state index in [0.717, 1.165) is 18.9 Å². The molecule has 0 amide bonds. The van der Waals surface area contributed by atoms with Gasteiger partial charge in [0, 0.05) is 26.2 Å². The minimum Gasteiger partial charge on any atom is -0.277 e. The van der Waals surface area contributed by atoms with Crippen molar-refractivity contribution in [3.8, 4) is 0 Å². The number of rotatable bonds is 5. The van der Waals surface area contributed by atoms with Crippen LogP contribution in [0.2, 0.25) is 0 Å². The third kappa shape index (κ3) is 3.62. The Labute approximate surface area is 135 Å². The summed E-state index contributed by atoms with van der Waals surface area (Å²) in [6.07, 6.45) is 1.59. The summed E-state index contributed by atoms with van der Waals surface area (Å²) in [5, 5.41) is 12.5. The maximum atomic E-state index is 12.7. The molecule has 0 atom stereocenters. The molecule has 23 heavy (non-hydrogen) atoms. The van der Waals surface area contributed by atoms with Crippen molar-refractivity contribution in [1.29, 1.82) is 0 Å². The van der Waals surface area contributed by atoms with Crippen LogP contribution in [0.3, 0.4) is 0 Å². The van der Waals surface area contributed by atoms with E-state index < -0.39 is 14.9 Å². The number of benzene rings is 1. The van der Waals surface area contributed by atoms with Crippen LogP contribution in [-0.2, 0) is 14.9 Å². The van der Waals surface area contributed by atoms with Crippen LogP contribution in [0, 0.1) is 16.0 Å². The fourth-order valence-corrected chi connectivity index (χ4v) is 4.04. The molecule has 0 unspecified atom stereocenters. The number of hydrogen-bond donors (Lipinski definition) is 0. The van der Waals surface area contributed by atoms with Crippen molar-refractivity contribution in [2.75, 3.05) is 32.3 Å². The van der Waals surface area contributed by atoms with Crippen LogP contribution in [0.15, 0.2) is 23.1 Å². The molecule has 0 radical (unpaired) electrons. The highest BCUT2D eigenvalue weighted by molar-refractivity contribution is 7.89. The number of hydroxylamine groups is 1. The van der Waals surface area contributed by atoms with Gasteiger partial charge in [0.25, 0.3) is 5.69 Å². The minimum absolute atomic E-state index is 0.0630. The molecule has 0 bridgehead atoms. The predicted octanol–water partition coefficient (Wildman–Crippen LogP) is 2.01. The maximum Gasteiger partial charge on any atom is 0.296 e. The summed E-state index contributed by atoms with van der Waals surface area (Å²) in [4.78, 5) is 15.5. The average Bonchev–Trinajstić information content (AvgIpc) is 2.53. The van der Waals surface area contributed by atoms with E-state index in [4.69, 9.17) is 4.84 Å². The molecule has 1 aromatic rings. The number of hydrogen-bond acceptors (Lipinski definition) is 6. The monoisotopic (exact) mass is 343 g/mol. The van der Waals surface area contributed by atoms with Crippen molar-refractivity contribution in [3.63, 3.8) is 0 Å². The summed E-state index contributed by atoms with van der Waals surface area (Å²) in [6, 6.07) is 3.87. The summed E-state index contributed by atoms with van der Waals surface area (Å²) in [7, 11) is -0.826. The van der Waals surface area contributed by atoms with Gasteiger partial charge in [0.2, 0.25) is 10.0 Å². The Balaban J connectivity index is 2.39. The van der Waals surface area contributed by atoms with Crippen LogP contribution in [-0.4, -0.2) is 44.9 Å². The lowest BCUT2D eigenvalue weighted by molar-refractivity contribution is -0.384. The van der Waals surface area contributed by atoms with E-state index in [0.29, 0.717) is 19.0 Å².